The van der Waals surface area contributed by atoms with Crippen LogP contribution in [0.25, 0.3) is 0 Å². The van der Waals surface area contributed by atoms with Crippen molar-refractivity contribution in [3.8, 4) is 0 Å². The molecule has 0 radical (unpaired) electrons. The maximum Gasteiger partial charge on any atom is 0.358 e. The normalized spacial score (nSPS) is 24.8. The van der Waals surface area contributed by atoms with Gasteiger partial charge < -0.3 is 15.9 Å². The number of aliphatic hydroxyl groups is 1. The molecule has 1 aromatic heterocycles. The smallest absolute Gasteiger partial charge is 0.358 e. The molecule has 0 spiro atoms. The van der Waals surface area contributed by atoms with Gasteiger partial charge in [0.15, 0.2) is 5.69 Å². The van der Waals surface area contributed by atoms with Gasteiger partial charge in [-0.3, -0.25) is 0 Å². The lowest BCUT2D eigenvalue weighted by Gasteiger charge is -2.28. The Kier molecular flexibility index (Phi) is 3.39. The van der Waals surface area contributed by atoms with Crippen LogP contribution in [-0.4, -0.2) is 37.3 Å². The van der Waals surface area contributed by atoms with Crippen LogP contribution in [0, 0.1) is 0 Å². The maximum absolute atomic E-state index is 10.9. The Labute approximate surface area is 98.2 Å². The third-order valence-electron chi connectivity index (χ3n) is 3.19. The first-order valence-electron chi connectivity index (χ1n) is 5.70. The van der Waals surface area contributed by atoms with Crippen LogP contribution in [-0.2, 0) is 6.54 Å². The predicted octanol–water partition coefficient (Wildman–Crippen LogP) is -0.0890. The molecule has 0 bridgehead atoms. The molecule has 2 rings (SSSR count). The van der Waals surface area contributed by atoms with E-state index in [4.69, 9.17) is 10.8 Å². The average molecular weight is 240 g/mol. The molecule has 0 aromatic carbocycles. The molecule has 2 atom stereocenters. The summed E-state index contributed by atoms with van der Waals surface area (Å²) in [6.45, 7) is 0.0534. The lowest BCUT2D eigenvalue weighted by Crippen LogP contribution is -2.30. The Morgan fingerprint density at radius 1 is 1.47 bits per heavy atom. The first-order chi connectivity index (χ1) is 8.15. The number of carbonyl (C=O) groups is 1. The lowest BCUT2D eigenvalue weighted by molar-refractivity contribution is 0.0658. The van der Waals surface area contributed by atoms with Crippen LogP contribution in [0.1, 0.15) is 47.9 Å². The van der Waals surface area contributed by atoms with Crippen LogP contribution in [0.3, 0.4) is 0 Å². The molecule has 0 saturated heterocycles. The van der Waals surface area contributed by atoms with E-state index < -0.39 is 12.1 Å². The quantitative estimate of drug-likeness (QED) is 0.680. The molecule has 94 valence electrons. The summed E-state index contributed by atoms with van der Waals surface area (Å²) >= 11 is 0. The van der Waals surface area contributed by atoms with Gasteiger partial charge in [0.2, 0.25) is 0 Å². The van der Waals surface area contributed by atoms with Crippen molar-refractivity contribution in [2.24, 2.45) is 5.73 Å². The minimum absolute atomic E-state index is 0.0534. The third kappa shape index (κ3) is 2.16. The SMILES string of the molecule is NCc1c(C(=O)O)nnn1C1CCCCC1O. The van der Waals surface area contributed by atoms with Gasteiger partial charge in [-0.1, -0.05) is 18.1 Å². The Hall–Kier alpha value is -1.47. The molecule has 0 aliphatic heterocycles. The van der Waals surface area contributed by atoms with Gasteiger partial charge in [-0.15, -0.1) is 5.10 Å². The zero-order valence-electron chi connectivity index (χ0n) is 9.41. The number of carboxylic acids is 1. The van der Waals surface area contributed by atoms with E-state index in [2.05, 4.69) is 10.3 Å². The lowest BCUT2D eigenvalue weighted by atomic mass is 9.92. The molecule has 7 nitrogen and oxygen atoms in total. The molecular formula is C10H16N4O3. The molecule has 4 N–H and O–H groups in total. The first-order valence-corrected chi connectivity index (χ1v) is 5.70. The first kappa shape index (κ1) is 12.0. The molecule has 1 saturated carbocycles. The average Bonchev–Trinajstić information content (AvgIpc) is 2.73. The zero-order chi connectivity index (χ0) is 12.4. The number of aliphatic hydroxyl groups excluding tert-OH is 1. The van der Waals surface area contributed by atoms with Crippen LogP contribution in [0.15, 0.2) is 0 Å². The Morgan fingerprint density at radius 2 is 2.18 bits per heavy atom. The van der Waals surface area contributed by atoms with Crippen LogP contribution >= 0.6 is 0 Å². The second-order valence-corrected chi connectivity index (χ2v) is 4.26. The summed E-state index contributed by atoms with van der Waals surface area (Å²) in [6.07, 6.45) is 2.95. The number of aromatic carboxylic acids is 1. The van der Waals surface area contributed by atoms with E-state index in [-0.39, 0.29) is 18.3 Å². The van der Waals surface area contributed by atoms with E-state index in [9.17, 15) is 9.90 Å². The highest BCUT2D eigenvalue weighted by molar-refractivity contribution is 5.86. The van der Waals surface area contributed by atoms with Gasteiger partial charge in [0, 0.05) is 6.54 Å². The van der Waals surface area contributed by atoms with Gasteiger partial charge in [-0.05, 0) is 12.8 Å². The highest BCUT2D eigenvalue weighted by Crippen LogP contribution is 2.29. The monoisotopic (exact) mass is 240 g/mol. The molecule has 1 aliphatic rings. The fraction of sp³-hybridized carbons (Fsp3) is 0.700. The number of rotatable bonds is 3. The molecule has 1 aromatic rings. The summed E-state index contributed by atoms with van der Waals surface area (Å²) in [4.78, 5) is 10.9. The predicted molar refractivity (Wildman–Crippen MR) is 58.4 cm³/mol. The number of carboxylic acid groups (broad SMARTS) is 1. The van der Waals surface area contributed by atoms with Crippen molar-refractivity contribution in [1.82, 2.24) is 15.0 Å². The van der Waals surface area contributed by atoms with Gasteiger partial charge in [-0.25, -0.2) is 9.48 Å². The van der Waals surface area contributed by atoms with Crippen LogP contribution in [0.4, 0.5) is 0 Å². The van der Waals surface area contributed by atoms with Crippen molar-refractivity contribution < 1.29 is 15.0 Å². The number of nitrogens with two attached hydrogens (primary N) is 1. The highest BCUT2D eigenvalue weighted by Gasteiger charge is 2.29. The zero-order valence-corrected chi connectivity index (χ0v) is 9.41. The van der Waals surface area contributed by atoms with E-state index in [1.54, 1.807) is 0 Å². The number of aromatic nitrogens is 3. The number of hydrogen-bond donors (Lipinski definition) is 3. The molecule has 7 heteroatoms. The largest absolute Gasteiger partial charge is 0.476 e. The van der Waals surface area contributed by atoms with E-state index in [1.807, 2.05) is 0 Å². The van der Waals surface area contributed by atoms with Gasteiger partial charge in [-0.2, -0.15) is 0 Å². The van der Waals surface area contributed by atoms with E-state index in [0.29, 0.717) is 12.1 Å². The van der Waals surface area contributed by atoms with Crippen LogP contribution < -0.4 is 5.73 Å². The molecule has 1 aliphatic carbocycles. The topological polar surface area (TPSA) is 114 Å². The molecular weight excluding hydrogens is 224 g/mol. The van der Waals surface area contributed by atoms with Gasteiger partial charge in [0.1, 0.15) is 0 Å². The Balaban J connectivity index is 2.34. The van der Waals surface area contributed by atoms with Gasteiger partial charge in [0.25, 0.3) is 0 Å². The molecule has 0 amide bonds. The summed E-state index contributed by atoms with van der Waals surface area (Å²) < 4.78 is 1.48. The summed E-state index contributed by atoms with van der Waals surface area (Å²) in [5, 5.41) is 26.3. The van der Waals surface area contributed by atoms with Gasteiger partial charge in [0.05, 0.1) is 17.8 Å². The van der Waals surface area contributed by atoms with Crippen molar-refractivity contribution in [3.63, 3.8) is 0 Å². The van der Waals surface area contributed by atoms with E-state index in [1.165, 1.54) is 4.68 Å². The second-order valence-electron chi connectivity index (χ2n) is 4.26. The van der Waals surface area contributed by atoms with Crippen LogP contribution in [0.5, 0.6) is 0 Å². The summed E-state index contributed by atoms with van der Waals surface area (Å²) in [5.74, 6) is -1.14. The molecule has 17 heavy (non-hydrogen) atoms. The van der Waals surface area contributed by atoms with Crippen molar-refractivity contribution in [3.05, 3.63) is 11.4 Å². The summed E-state index contributed by atoms with van der Waals surface area (Å²) in [5.41, 5.74) is 5.80. The third-order valence-corrected chi connectivity index (χ3v) is 3.19. The maximum atomic E-state index is 10.9. The second kappa shape index (κ2) is 4.80. The van der Waals surface area contributed by atoms with E-state index >= 15 is 0 Å². The number of hydrogen-bond acceptors (Lipinski definition) is 5. The van der Waals surface area contributed by atoms with E-state index in [0.717, 1.165) is 19.3 Å². The van der Waals surface area contributed by atoms with Crippen molar-refractivity contribution in [2.45, 2.75) is 44.4 Å². The van der Waals surface area contributed by atoms with Crippen molar-refractivity contribution in [1.29, 1.82) is 0 Å². The molecule has 2 unspecified atom stereocenters. The molecule has 1 fully saturated rings. The molecule has 1 heterocycles. The highest BCUT2D eigenvalue weighted by atomic mass is 16.4. The standard InChI is InChI=1S/C10H16N4O3/c11-5-7-9(10(16)17)12-13-14(7)6-3-1-2-4-8(6)15/h6,8,15H,1-5,11H2,(H,16,17). The Bertz CT molecular complexity index is 418. The summed E-state index contributed by atoms with van der Waals surface area (Å²) in [7, 11) is 0. The fourth-order valence-electron chi connectivity index (χ4n) is 2.31. The van der Waals surface area contributed by atoms with Crippen molar-refractivity contribution in [2.75, 3.05) is 0 Å². The fourth-order valence-corrected chi connectivity index (χ4v) is 2.31. The minimum atomic E-state index is -1.14. The summed E-state index contributed by atoms with van der Waals surface area (Å²) in [6, 6.07) is -0.206. The van der Waals surface area contributed by atoms with Crippen LogP contribution in [0.2, 0.25) is 0 Å². The minimum Gasteiger partial charge on any atom is -0.476 e. The van der Waals surface area contributed by atoms with Crippen molar-refractivity contribution >= 4 is 5.97 Å². The number of nitrogens with zero attached hydrogens (tertiary/aromatic N) is 3. The van der Waals surface area contributed by atoms with Gasteiger partial charge >= 0.3 is 5.97 Å². The Morgan fingerprint density at radius 3 is 2.76 bits per heavy atom.